The molecule has 16 heavy (non-hydrogen) atoms. The number of hydroxylamine groups is 3. The maximum absolute atomic E-state index is 11.6. The summed E-state index contributed by atoms with van der Waals surface area (Å²) in [6, 6.07) is -1.27. The summed E-state index contributed by atoms with van der Waals surface area (Å²) in [5.41, 5.74) is 2.22. The van der Waals surface area contributed by atoms with Gasteiger partial charge in [0, 0.05) is 6.54 Å². The monoisotopic (exact) mass is 228 g/mol. The molecule has 7 nitrogen and oxygen atoms in total. The second kappa shape index (κ2) is 4.26. The van der Waals surface area contributed by atoms with Crippen LogP contribution in [0.4, 0.5) is 4.79 Å². The predicted octanol–water partition coefficient (Wildman–Crippen LogP) is -0.474. The maximum atomic E-state index is 11.6. The van der Waals surface area contributed by atoms with Gasteiger partial charge in [-0.1, -0.05) is 0 Å². The SMILES string of the molecule is [CH2]CONC(=O)[C@@H]1CC[C@@H]2CN1C(=O)N2O. The summed E-state index contributed by atoms with van der Waals surface area (Å²) in [6.45, 7) is 3.92. The van der Waals surface area contributed by atoms with Crippen molar-refractivity contribution < 1.29 is 19.6 Å². The lowest BCUT2D eigenvalue weighted by Gasteiger charge is -2.28. The molecule has 2 N–H and O–H groups in total. The van der Waals surface area contributed by atoms with Crippen molar-refractivity contribution in [2.45, 2.75) is 24.9 Å². The number of nitrogens with one attached hydrogen (secondary N) is 1. The molecule has 0 spiro atoms. The van der Waals surface area contributed by atoms with Gasteiger partial charge in [0.05, 0.1) is 12.6 Å². The largest absolute Gasteiger partial charge is 0.344 e. The molecular formula is C9H14N3O4. The molecule has 7 heteroatoms. The Balaban J connectivity index is 2.02. The molecular weight excluding hydrogens is 214 g/mol. The summed E-state index contributed by atoms with van der Waals surface area (Å²) in [7, 11) is 0. The van der Waals surface area contributed by atoms with Crippen LogP contribution in [0.25, 0.3) is 0 Å². The summed E-state index contributed by atoms with van der Waals surface area (Å²) in [5, 5.41) is 10.1. The minimum absolute atomic E-state index is 0.126. The molecule has 0 saturated carbocycles. The number of fused-ring (bicyclic) bond motifs is 2. The van der Waals surface area contributed by atoms with Gasteiger partial charge in [0.1, 0.15) is 6.04 Å². The zero-order chi connectivity index (χ0) is 11.7. The van der Waals surface area contributed by atoms with Gasteiger partial charge < -0.3 is 4.90 Å². The first-order valence-corrected chi connectivity index (χ1v) is 5.14. The number of amides is 3. The number of hydrogen-bond acceptors (Lipinski definition) is 4. The molecule has 2 heterocycles. The number of nitrogens with zero attached hydrogens (tertiary/aromatic N) is 2. The van der Waals surface area contributed by atoms with Crippen LogP contribution in [0, 0.1) is 6.92 Å². The molecule has 3 amide bonds. The minimum atomic E-state index is -0.563. The molecule has 2 fully saturated rings. The Morgan fingerprint density at radius 3 is 3.06 bits per heavy atom. The second-order valence-corrected chi connectivity index (χ2v) is 3.84. The van der Waals surface area contributed by atoms with Crippen molar-refractivity contribution in [3.8, 4) is 0 Å². The summed E-state index contributed by atoms with van der Waals surface area (Å²) < 4.78 is 0. The predicted molar refractivity (Wildman–Crippen MR) is 52.0 cm³/mol. The Kier molecular flexibility index (Phi) is 2.97. The first kappa shape index (κ1) is 11.2. The molecule has 0 aliphatic carbocycles. The fourth-order valence-electron chi connectivity index (χ4n) is 2.11. The van der Waals surface area contributed by atoms with E-state index in [4.69, 9.17) is 4.84 Å². The van der Waals surface area contributed by atoms with E-state index in [9.17, 15) is 14.8 Å². The normalized spacial score (nSPS) is 28.5. The van der Waals surface area contributed by atoms with Crippen LogP contribution in [0.5, 0.6) is 0 Å². The molecule has 1 radical (unpaired) electrons. The second-order valence-electron chi connectivity index (χ2n) is 3.84. The van der Waals surface area contributed by atoms with Gasteiger partial charge in [-0.25, -0.2) is 15.3 Å². The first-order chi connectivity index (χ1) is 7.65. The minimum Gasteiger partial charge on any atom is -0.309 e. The lowest BCUT2D eigenvalue weighted by molar-refractivity contribution is -0.138. The van der Waals surface area contributed by atoms with E-state index in [0.29, 0.717) is 24.4 Å². The average Bonchev–Trinajstić information content (AvgIpc) is 2.52. The van der Waals surface area contributed by atoms with Crippen LogP contribution < -0.4 is 5.48 Å². The highest BCUT2D eigenvalue weighted by molar-refractivity contribution is 5.87. The fraction of sp³-hybridized carbons (Fsp3) is 0.667. The van der Waals surface area contributed by atoms with Crippen LogP contribution in [0.2, 0.25) is 0 Å². The van der Waals surface area contributed by atoms with Gasteiger partial charge in [0.25, 0.3) is 5.91 Å². The molecule has 2 saturated heterocycles. The number of rotatable bonds is 3. The standard InChI is InChI=1S/C9H14N3O4/c1-2-16-10-8(13)7-4-3-6-5-11(7)9(14)12(6)15/h6-7,15H,1-5H2,(H,10,13)/t6-,7+/m1/s1. The molecule has 0 aromatic rings. The first-order valence-electron chi connectivity index (χ1n) is 5.14. The Bertz CT molecular complexity index is 309. The third-order valence-corrected chi connectivity index (χ3v) is 2.92. The molecule has 2 aliphatic rings. The quantitative estimate of drug-likeness (QED) is 0.505. The third kappa shape index (κ3) is 1.72. The molecule has 2 bridgehead atoms. The van der Waals surface area contributed by atoms with Crippen LogP contribution in [-0.4, -0.2) is 52.3 Å². The molecule has 2 rings (SSSR count). The van der Waals surface area contributed by atoms with Crippen molar-refractivity contribution in [1.29, 1.82) is 0 Å². The molecule has 89 valence electrons. The number of carbonyl (C=O) groups is 2. The molecule has 0 unspecified atom stereocenters. The van der Waals surface area contributed by atoms with E-state index < -0.39 is 12.1 Å². The average molecular weight is 228 g/mol. The Hall–Kier alpha value is -1.34. The Morgan fingerprint density at radius 1 is 1.62 bits per heavy atom. The highest BCUT2D eigenvalue weighted by atomic mass is 16.6. The Morgan fingerprint density at radius 2 is 2.38 bits per heavy atom. The highest BCUT2D eigenvalue weighted by Gasteiger charge is 2.46. The van der Waals surface area contributed by atoms with Gasteiger partial charge in [-0.15, -0.1) is 0 Å². The molecule has 0 aromatic carbocycles. The summed E-state index contributed by atoms with van der Waals surface area (Å²) >= 11 is 0. The van der Waals surface area contributed by atoms with Gasteiger partial charge in [0.15, 0.2) is 0 Å². The van der Waals surface area contributed by atoms with Gasteiger partial charge >= 0.3 is 6.03 Å². The number of carbonyl (C=O) groups excluding carboxylic acids is 2. The lowest BCUT2D eigenvalue weighted by Crippen LogP contribution is -2.49. The van der Waals surface area contributed by atoms with Crippen LogP contribution in [0.3, 0.4) is 0 Å². The molecule has 2 atom stereocenters. The lowest BCUT2D eigenvalue weighted by atomic mass is 10.0. The van der Waals surface area contributed by atoms with Crippen LogP contribution >= 0.6 is 0 Å². The fourth-order valence-corrected chi connectivity index (χ4v) is 2.11. The zero-order valence-electron chi connectivity index (χ0n) is 8.76. The van der Waals surface area contributed by atoms with Gasteiger partial charge in [0.2, 0.25) is 0 Å². The van der Waals surface area contributed by atoms with E-state index in [1.807, 2.05) is 0 Å². The van der Waals surface area contributed by atoms with Crippen molar-refractivity contribution in [3.63, 3.8) is 0 Å². The Labute approximate surface area is 92.9 Å². The van der Waals surface area contributed by atoms with Crippen molar-refractivity contribution in [2.24, 2.45) is 0 Å². The van der Waals surface area contributed by atoms with Gasteiger partial charge in [-0.3, -0.25) is 14.8 Å². The van der Waals surface area contributed by atoms with Crippen LogP contribution in [0.1, 0.15) is 12.8 Å². The van der Waals surface area contributed by atoms with Crippen molar-refractivity contribution in [1.82, 2.24) is 15.4 Å². The van der Waals surface area contributed by atoms with E-state index in [-0.39, 0.29) is 18.6 Å². The van der Waals surface area contributed by atoms with Crippen molar-refractivity contribution in [2.75, 3.05) is 13.2 Å². The highest BCUT2D eigenvalue weighted by Crippen LogP contribution is 2.28. The van der Waals surface area contributed by atoms with Crippen molar-refractivity contribution >= 4 is 11.9 Å². The summed E-state index contributed by atoms with van der Waals surface area (Å²) in [5.74, 6) is -0.370. The van der Waals surface area contributed by atoms with E-state index >= 15 is 0 Å². The van der Waals surface area contributed by atoms with Gasteiger partial charge in [-0.2, -0.15) is 0 Å². The summed E-state index contributed by atoms with van der Waals surface area (Å²) in [4.78, 5) is 29.2. The van der Waals surface area contributed by atoms with Crippen molar-refractivity contribution in [3.05, 3.63) is 6.92 Å². The topological polar surface area (TPSA) is 82.1 Å². The van der Waals surface area contributed by atoms with E-state index in [1.165, 1.54) is 4.90 Å². The van der Waals surface area contributed by atoms with Gasteiger partial charge in [-0.05, 0) is 19.8 Å². The van der Waals surface area contributed by atoms with E-state index in [0.717, 1.165) is 0 Å². The summed E-state index contributed by atoms with van der Waals surface area (Å²) in [6.07, 6.45) is 1.14. The van der Waals surface area contributed by atoms with E-state index in [1.54, 1.807) is 0 Å². The number of hydrogen-bond donors (Lipinski definition) is 2. The maximum Gasteiger partial charge on any atom is 0.344 e. The van der Waals surface area contributed by atoms with E-state index in [2.05, 4.69) is 12.4 Å². The van der Waals surface area contributed by atoms with Crippen LogP contribution in [-0.2, 0) is 9.63 Å². The van der Waals surface area contributed by atoms with Crippen LogP contribution in [0.15, 0.2) is 0 Å². The number of piperidine rings is 1. The third-order valence-electron chi connectivity index (χ3n) is 2.92. The smallest absolute Gasteiger partial charge is 0.309 e. The number of urea groups is 1. The molecule has 0 aromatic heterocycles. The molecule has 2 aliphatic heterocycles. The zero-order valence-corrected chi connectivity index (χ0v) is 8.76.